The molecule has 14 heavy (non-hydrogen) atoms. The van der Waals surface area contributed by atoms with E-state index in [1.807, 2.05) is 13.8 Å². The molecule has 0 aliphatic carbocycles. The second-order valence-corrected chi connectivity index (χ2v) is 3.84. The van der Waals surface area contributed by atoms with Gasteiger partial charge < -0.3 is 15.2 Å². The van der Waals surface area contributed by atoms with Crippen LogP contribution in [0, 0.1) is 0 Å². The number of aromatic nitrogens is 2. The van der Waals surface area contributed by atoms with Crippen LogP contribution < -0.4 is 5.73 Å². The van der Waals surface area contributed by atoms with Crippen LogP contribution in [0.5, 0.6) is 0 Å². The van der Waals surface area contributed by atoms with Crippen molar-refractivity contribution >= 4 is 16.5 Å². The lowest BCUT2D eigenvalue weighted by Gasteiger charge is -2.07. The standard InChI is InChI=1S/C8H15N3O2S/c1-6(2)13-4-3-12-5-7-8(9)14-11-10-7/h6H,3-5,9H2,1-2H3. The van der Waals surface area contributed by atoms with E-state index in [0.717, 1.165) is 0 Å². The van der Waals surface area contributed by atoms with Gasteiger partial charge in [0, 0.05) is 11.5 Å². The summed E-state index contributed by atoms with van der Waals surface area (Å²) in [6.45, 7) is 5.53. The molecule has 1 aromatic heterocycles. The Kier molecular flexibility index (Phi) is 4.78. The minimum atomic E-state index is 0.240. The van der Waals surface area contributed by atoms with Gasteiger partial charge >= 0.3 is 0 Å². The maximum absolute atomic E-state index is 5.59. The predicted molar refractivity (Wildman–Crippen MR) is 55.1 cm³/mol. The molecule has 5 nitrogen and oxygen atoms in total. The van der Waals surface area contributed by atoms with E-state index >= 15 is 0 Å². The molecule has 0 fully saturated rings. The minimum Gasteiger partial charge on any atom is -0.388 e. The van der Waals surface area contributed by atoms with E-state index in [1.165, 1.54) is 11.5 Å². The van der Waals surface area contributed by atoms with Gasteiger partial charge in [-0.25, -0.2) is 0 Å². The molecule has 0 spiro atoms. The molecule has 0 aliphatic heterocycles. The summed E-state index contributed by atoms with van der Waals surface area (Å²) in [5.74, 6) is 0. The highest BCUT2D eigenvalue weighted by molar-refractivity contribution is 7.09. The highest BCUT2D eigenvalue weighted by Gasteiger charge is 2.03. The normalized spacial score (nSPS) is 11.1. The first-order chi connectivity index (χ1) is 6.70. The van der Waals surface area contributed by atoms with Gasteiger partial charge in [-0.2, -0.15) is 0 Å². The van der Waals surface area contributed by atoms with Crippen molar-refractivity contribution in [2.24, 2.45) is 0 Å². The monoisotopic (exact) mass is 217 g/mol. The smallest absolute Gasteiger partial charge is 0.133 e. The maximum atomic E-state index is 5.59. The van der Waals surface area contributed by atoms with Gasteiger partial charge in [-0.15, -0.1) is 5.10 Å². The number of nitrogens with zero attached hydrogens (tertiary/aromatic N) is 2. The molecule has 80 valence electrons. The summed E-state index contributed by atoms with van der Waals surface area (Å²) in [4.78, 5) is 0. The molecule has 1 heterocycles. The fourth-order valence-electron chi connectivity index (χ4n) is 0.827. The average molecular weight is 217 g/mol. The van der Waals surface area contributed by atoms with Crippen LogP contribution in [-0.2, 0) is 16.1 Å². The van der Waals surface area contributed by atoms with Crippen LogP contribution in [0.3, 0.4) is 0 Å². The molecule has 0 radical (unpaired) electrons. The first-order valence-corrected chi connectivity index (χ1v) is 5.23. The third kappa shape index (κ3) is 3.99. The summed E-state index contributed by atoms with van der Waals surface area (Å²) in [5, 5.41) is 4.45. The van der Waals surface area contributed by atoms with Crippen molar-refractivity contribution in [1.29, 1.82) is 0 Å². The van der Waals surface area contributed by atoms with Crippen LogP contribution in [0.2, 0.25) is 0 Å². The number of hydrogen-bond acceptors (Lipinski definition) is 6. The second-order valence-electron chi connectivity index (χ2n) is 3.06. The largest absolute Gasteiger partial charge is 0.388 e. The van der Waals surface area contributed by atoms with E-state index in [0.29, 0.717) is 30.5 Å². The zero-order valence-corrected chi connectivity index (χ0v) is 9.21. The molecule has 0 saturated carbocycles. The van der Waals surface area contributed by atoms with Crippen LogP contribution >= 0.6 is 11.5 Å². The quantitative estimate of drug-likeness (QED) is 0.721. The van der Waals surface area contributed by atoms with Crippen LogP contribution in [0.15, 0.2) is 0 Å². The third-order valence-corrected chi connectivity index (χ3v) is 2.10. The Bertz CT molecular complexity index is 265. The summed E-state index contributed by atoms with van der Waals surface area (Å²) in [6.07, 6.45) is 0.240. The molecule has 0 saturated heterocycles. The Hall–Kier alpha value is -0.720. The summed E-state index contributed by atoms with van der Waals surface area (Å²) in [6, 6.07) is 0. The Morgan fingerprint density at radius 3 is 2.79 bits per heavy atom. The van der Waals surface area contributed by atoms with Crippen molar-refractivity contribution in [2.75, 3.05) is 18.9 Å². The van der Waals surface area contributed by atoms with E-state index in [9.17, 15) is 0 Å². The van der Waals surface area contributed by atoms with Gasteiger partial charge in [-0.1, -0.05) is 4.49 Å². The van der Waals surface area contributed by atoms with E-state index in [2.05, 4.69) is 9.59 Å². The number of anilines is 1. The molecular weight excluding hydrogens is 202 g/mol. The molecular formula is C8H15N3O2S. The Morgan fingerprint density at radius 2 is 2.21 bits per heavy atom. The van der Waals surface area contributed by atoms with Gasteiger partial charge in [0.15, 0.2) is 0 Å². The zero-order chi connectivity index (χ0) is 10.4. The molecule has 0 bridgehead atoms. The number of ether oxygens (including phenoxy) is 2. The van der Waals surface area contributed by atoms with Gasteiger partial charge in [-0.3, -0.25) is 0 Å². The van der Waals surface area contributed by atoms with Crippen LogP contribution in [0.1, 0.15) is 19.5 Å². The second kappa shape index (κ2) is 5.90. The highest BCUT2D eigenvalue weighted by Crippen LogP contribution is 2.12. The molecule has 6 heteroatoms. The Morgan fingerprint density at radius 1 is 1.43 bits per heavy atom. The fourth-order valence-corrected chi connectivity index (χ4v) is 1.26. The lowest BCUT2D eigenvalue weighted by molar-refractivity contribution is 0.0136. The van der Waals surface area contributed by atoms with Crippen LogP contribution in [-0.4, -0.2) is 28.9 Å². The molecule has 0 unspecified atom stereocenters. The number of nitrogens with two attached hydrogens (primary N) is 1. The SMILES string of the molecule is CC(C)OCCOCc1nnsc1N. The molecule has 0 aromatic carbocycles. The van der Waals surface area contributed by atoms with Crippen molar-refractivity contribution in [3.8, 4) is 0 Å². The van der Waals surface area contributed by atoms with Gasteiger partial charge in [0.25, 0.3) is 0 Å². The maximum Gasteiger partial charge on any atom is 0.133 e. The van der Waals surface area contributed by atoms with E-state index < -0.39 is 0 Å². The van der Waals surface area contributed by atoms with Crippen molar-refractivity contribution in [3.05, 3.63) is 5.69 Å². The Balaban J connectivity index is 2.08. The average Bonchev–Trinajstić information content (AvgIpc) is 2.51. The molecule has 1 rings (SSSR count). The Labute approximate surface area is 87.4 Å². The topological polar surface area (TPSA) is 70.3 Å². The summed E-state index contributed by atoms with van der Waals surface area (Å²) in [5.41, 5.74) is 6.29. The van der Waals surface area contributed by atoms with Gasteiger partial charge in [0.05, 0.1) is 25.9 Å². The zero-order valence-electron chi connectivity index (χ0n) is 8.40. The predicted octanol–water partition coefficient (Wildman–Crippen LogP) is 1.06. The summed E-state index contributed by atoms with van der Waals surface area (Å²) in [7, 11) is 0. The number of rotatable bonds is 6. The van der Waals surface area contributed by atoms with E-state index in [-0.39, 0.29) is 6.10 Å². The van der Waals surface area contributed by atoms with Crippen LogP contribution in [0.4, 0.5) is 5.00 Å². The van der Waals surface area contributed by atoms with Crippen molar-refractivity contribution in [3.63, 3.8) is 0 Å². The van der Waals surface area contributed by atoms with Gasteiger partial charge in [-0.05, 0) is 13.8 Å². The van der Waals surface area contributed by atoms with Crippen LogP contribution in [0.25, 0.3) is 0 Å². The molecule has 0 atom stereocenters. The highest BCUT2D eigenvalue weighted by atomic mass is 32.1. The summed E-state index contributed by atoms with van der Waals surface area (Å²) < 4.78 is 14.3. The molecule has 1 aromatic rings. The number of hydrogen-bond donors (Lipinski definition) is 1. The first-order valence-electron chi connectivity index (χ1n) is 4.46. The third-order valence-electron chi connectivity index (χ3n) is 1.50. The number of nitrogen functional groups attached to an aromatic ring is 1. The van der Waals surface area contributed by atoms with E-state index in [4.69, 9.17) is 15.2 Å². The van der Waals surface area contributed by atoms with Gasteiger partial charge in [0.2, 0.25) is 0 Å². The minimum absolute atomic E-state index is 0.240. The first kappa shape index (κ1) is 11.4. The van der Waals surface area contributed by atoms with Crippen molar-refractivity contribution in [2.45, 2.75) is 26.6 Å². The summed E-state index contributed by atoms with van der Waals surface area (Å²) >= 11 is 1.18. The van der Waals surface area contributed by atoms with E-state index in [1.54, 1.807) is 0 Å². The molecule has 0 amide bonds. The van der Waals surface area contributed by atoms with Crippen molar-refractivity contribution in [1.82, 2.24) is 9.59 Å². The molecule has 0 aliphatic rings. The lowest BCUT2D eigenvalue weighted by atomic mass is 10.5. The fraction of sp³-hybridized carbons (Fsp3) is 0.750. The lowest BCUT2D eigenvalue weighted by Crippen LogP contribution is -2.09. The molecule has 2 N–H and O–H groups in total. The van der Waals surface area contributed by atoms with Crippen molar-refractivity contribution < 1.29 is 9.47 Å². The van der Waals surface area contributed by atoms with Gasteiger partial charge in [0.1, 0.15) is 10.7 Å².